The second-order valence-corrected chi connectivity index (χ2v) is 5.09. The fourth-order valence-electron chi connectivity index (χ4n) is 1.83. The van der Waals surface area contributed by atoms with Gasteiger partial charge in [-0.15, -0.1) is 24.0 Å². The Hall–Kier alpha value is -1.51. The molecule has 0 amide bonds. The number of carbonyl (C=O) groups is 1. The number of hydrogen-bond donors (Lipinski definition) is 2. The molecule has 0 saturated heterocycles. The fourth-order valence-corrected chi connectivity index (χ4v) is 1.83. The lowest BCUT2D eigenvalue weighted by Crippen LogP contribution is -2.38. The number of nitrogens with one attached hydrogen (secondary N) is 2. The monoisotopic (exact) mass is 449 g/mol. The number of esters is 1. The predicted octanol–water partition coefficient (Wildman–Crippen LogP) is 2.44. The van der Waals surface area contributed by atoms with Gasteiger partial charge in [-0.3, -0.25) is 9.79 Å². The number of ether oxygens (including phenoxy) is 2. The SMILES string of the molecule is CCNC(=NCC(C)C(=O)OC)NCCCOc1ccccc1.I. The van der Waals surface area contributed by atoms with E-state index in [1.807, 2.05) is 37.3 Å². The van der Waals surface area contributed by atoms with Gasteiger partial charge in [0.2, 0.25) is 0 Å². The van der Waals surface area contributed by atoms with Crippen LogP contribution >= 0.6 is 24.0 Å². The van der Waals surface area contributed by atoms with Gasteiger partial charge < -0.3 is 20.1 Å². The quantitative estimate of drug-likeness (QED) is 0.199. The fraction of sp³-hybridized carbons (Fsp3) is 0.529. The number of benzene rings is 1. The molecule has 0 radical (unpaired) electrons. The Morgan fingerprint density at radius 3 is 2.58 bits per heavy atom. The van der Waals surface area contributed by atoms with Crippen LogP contribution in [0.4, 0.5) is 0 Å². The first kappa shape index (κ1) is 22.5. The van der Waals surface area contributed by atoms with Crippen molar-refractivity contribution in [2.75, 3.05) is 33.4 Å². The lowest BCUT2D eigenvalue weighted by atomic mass is 10.2. The number of carbonyl (C=O) groups excluding carboxylic acids is 1. The van der Waals surface area contributed by atoms with Crippen LogP contribution in [0.5, 0.6) is 5.75 Å². The van der Waals surface area contributed by atoms with E-state index in [-0.39, 0.29) is 35.9 Å². The van der Waals surface area contributed by atoms with E-state index in [2.05, 4.69) is 15.6 Å². The normalized spacial score (nSPS) is 11.9. The minimum Gasteiger partial charge on any atom is -0.494 e. The average Bonchev–Trinajstić information content (AvgIpc) is 2.59. The molecule has 1 atom stereocenters. The maximum atomic E-state index is 11.4. The Kier molecular flexibility index (Phi) is 13.0. The van der Waals surface area contributed by atoms with Gasteiger partial charge in [0, 0.05) is 13.1 Å². The lowest BCUT2D eigenvalue weighted by Gasteiger charge is -2.13. The highest BCUT2D eigenvalue weighted by Crippen LogP contribution is 2.08. The van der Waals surface area contributed by atoms with Crippen molar-refractivity contribution < 1.29 is 14.3 Å². The maximum absolute atomic E-state index is 11.4. The van der Waals surface area contributed by atoms with E-state index >= 15 is 0 Å². The first-order valence-corrected chi connectivity index (χ1v) is 7.95. The standard InChI is InChI=1S/C17H27N3O3.HI/c1-4-18-17(20-13-14(2)16(21)22-3)19-11-8-12-23-15-9-6-5-7-10-15;/h5-7,9-10,14H,4,8,11-13H2,1-3H3,(H2,18,19,20);1H. The van der Waals surface area contributed by atoms with Crippen molar-refractivity contribution in [3.8, 4) is 5.75 Å². The second kappa shape index (κ2) is 13.9. The van der Waals surface area contributed by atoms with Gasteiger partial charge in [-0.05, 0) is 25.5 Å². The largest absolute Gasteiger partial charge is 0.494 e. The smallest absolute Gasteiger partial charge is 0.310 e. The van der Waals surface area contributed by atoms with Gasteiger partial charge in [0.05, 0.1) is 26.2 Å². The molecule has 1 aromatic carbocycles. The van der Waals surface area contributed by atoms with E-state index in [0.717, 1.165) is 25.3 Å². The summed E-state index contributed by atoms with van der Waals surface area (Å²) in [5.74, 6) is 1.07. The van der Waals surface area contributed by atoms with Gasteiger partial charge in [-0.2, -0.15) is 0 Å². The Bertz CT molecular complexity index is 483. The molecule has 0 spiro atoms. The van der Waals surface area contributed by atoms with Crippen molar-refractivity contribution in [1.29, 1.82) is 0 Å². The van der Waals surface area contributed by atoms with Crippen LogP contribution < -0.4 is 15.4 Å². The molecule has 0 bridgehead atoms. The number of aliphatic imine (C=N–C) groups is 1. The summed E-state index contributed by atoms with van der Waals surface area (Å²) >= 11 is 0. The van der Waals surface area contributed by atoms with Crippen LogP contribution in [-0.4, -0.2) is 45.3 Å². The van der Waals surface area contributed by atoms with E-state index in [1.165, 1.54) is 7.11 Å². The van der Waals surface area contributed by atoms with Gasteiger partial charge in [0.25, 0.3) is 0 Å². The van der Waals surface area contributed by atoms with Crippen molar-refractivity contribution in [2.45, 2.75) is 20.3 Å². The molecule has 2 N–H and O–H groups in total. The van der Waals surface area contributed by atoms with Gasteiger partial charge in [-0.25, -0.2) is 0 Å². The first-order valence-electron chi connectivity index (χ1n) is 7.95. The van der Waals surface area contributed by atoms with E-state index in [1.54, 1.807) is 6.92 Å². The van der Waals surface area contributed by atoms with Crippen molar-refractivity contribution in [1.82, 2.24) is 10.6 Å². The summed E-state index contributed by atoms with van der Waals surface area (Å²) in [6.07, 6.45) is 0.853. The molecule has 7 heteroatoms. The molecule has 0 aliphatic rings. The third-order valence-corrected chi connectivity index (χ3v) is 3.10. The van der Waals surface area contributed by atoms with Gasteiger partial charge in [0.1, 0.15) is 5.75 Å². The molecule has 1 unspecified atom stereocenters. The van der Waals surface area contributed by atoms with Crippen molar-refractivity contribution >= 4 is 35.9 Å². The van der Waals surface area contributed by atoms with Crippen molar-refractivity contribution in [3.63, 3.8) is 0 Å². The minimum absolute atomic E-state index is 0. The van der Waals surface area contributed by atoms with Crippen LogP contribution in [0.1, 0.15) is 20.3 Å². The molecule has 0 fully saturated rings. The molecule has 1 aromatic rings. The molecule has 6 nitrogen and oxygen atoms in total. The molecule has 0 aliphatic heterocycles. The first-order chi connectivity index (χ1) is 11.2. The molecule has 0 heterocycles. The molecule has 0 aliphatic carbocycles. The number of halogens is 1. The highest BCUT2D eigenvalue weighted by molar-refractivity contribution is 14.0. The van der Waals surface area contributed by atoms with E-state index in [0.29, 0.717) is 19.1 Å². The number of para-hydroxylation sites is 1. The molecule has 136 valence electrons. The molecular formula is C17H28IN3O3. The molecule has 0 saturated carbocycles. The summed E-state index contributed by atoms with van der Waals surface area (Å²) in [5, 5.41) is 6.38. The number of rotatable bonds is 9. The summed E-state index contributed by atoms with van der Waals surface area (Å²) in [7, 11) is 1.39. The third kappa shape index (κ3) is 9.59. The van der Waals surface area contributed by atoms with Crippen LogP contribution in [0.25, 0.3) is 0 Å². The van der Waals surface area contributed by atoms with Crippen LogP contribution in [0.15, 0.2) is 35.3 Å². The lowest BCUT2D eigenvalue weighted by molar-refractivity contribution is -0.144. The van der Waals surface area contributed by atoms with Crippen molar-refractivity contribution in [3.05, 3.63) is 30.3 Å². The number of guanidine groups is 1. The topological polar surface area (TPSA) is 72.0 Å². The van der Waals surface area contributed by atoms with Gasteiger partial charge >= 0.3 is 5.97 Å². The summed E-state index contributed by atoms with van der Waals surface area (Å²) in [6.45, 7) is 6.33. The summed E-state index contributed by atoms with van der Waals surface area (Å²) in [5.41, 5.74) is 0. The highest BCUT2D eigenvalue weighted by atomic mass is 127. The van der Waals surface area contributed by atoms with E-state index < -0.39 is 0 Å². The second-order valence-electron chi connectivity index (χ2n) is 5.09. The Balaban J connectivity index is 0.00000529. The summed E-state index contributed by atoms with van der Waals surface area (Å²) < 4.78 is 10.3. The predicted molar refractivity (Wildman–Crippen MR) is 107 cm³/mol. The molecule has 1 rings (SSSR count). The number of hydrogen-bond acceptors (Lipinski definition) is 4. The highest BCUT2D eigenvalue weighted by Gasteiger charge is 2.12. The van der Waals surface area contributed by atoms with Gasteiger partial charge in [0.15, 0.2) is 5.96 Å². The van der Waals surface area contributed by atoms with Crippen LogP contribution in [0, 0.1) is 5.92 Å². The van der Waals surface area contributed by atoms with Gasteiger partial charge in [-0.1, -0.05) is 25.1 Å². The zero-order valence-corrected chi connectivity index (χ0v) is 16.9. The minimum atomic E-state index is -0.253. The molecule has 0 aromatic heterocycles. The van der Waals surface area contributed by atoms with Crippen LogP contribution in [-0.2, 0) is 9.53 Å². The average molecular weight is 449 g/mol. The zero-order valence-electron chi connectivity index (χ0n) is 14.6. The Morgan fingerprint density at radius 2 is 1.96 bits per heavy atom. The van der Waals surface area contributed by atoms with E-state index in [4.69, 9.17) is 9.47 Å². The summed E-state index contributed by atoms with van der Waals surface area (Å²) in [6, 6.07) is 9.74. The number of methoxy groups -OCH3 is 1. The molecular weight excluding hydrogens is 421 g/mol. The van der Waals surface area contributed by atoms with Crippen molar-refractivity contribution in [2.24, 2.45) is 10.9 Å². The summed E-state index contributed by atoms with van der Waals surface area (Å²) in [4.78, 5) is 15.8. The third-order valence-electron chi connectivity index (χ3n) is 3.10. The maximum Gasteiger partial charge on any atom is 0.310 e. The molecule has 24 heavy (non-hydrogen) atoms. The van der Waals surface area contributed by atoms with Crippen LogP contribution in [0.3, 0.4) is 0 Å². The van der Waals surface area contributed by atoms with E-state index in [9.17, 15) is 4.79 Å². The zero-order chi connectivity index (χ0) is 16.9. The number of nitrogens with zero attached hydrogens (tertiary/aromatic N) is 1. The van der Waals surface area contributed by atoms with Crippen LogP contribution in [0.2, 0.25) is 0 Å². The Morgan fingerprint density at radius 1 is 1.25 bits per heavy atom. The Labute approximate surface area is 161 Å².